The lowest BCUT2D eigenvalue weighted by molar-refractivity contribution is -0.132. The van der Waals surface area contributed by atoms with Gasteiger partial charge in [-0.25, -0.2) is 5.01 Å². The molecule has 0 saturated heterocycles. The van der Waals surface area contributed by atoms with Gasteiger partial charge in [0.2, 0.25) is 11.8 Å². The van der Waals surface area contributed by atoms with Crippen LogP contribution in [0.3, 0.4) is 0 Å². The first-order valence-electron chi connectivity index (χ1n) is 6.98. The minimum Gasteiger partial charge on any atom is -0.426 e. The summed E-state index contributed by atoms with van der Waals surface area (Å²) >= 11 is 7.24. The second-order valence-electron chi connectivity index (χ2n) is 5.24. The Bertz CT molecular complexity index is 752. The summed E-state index contributed by atoms with van der Waals surface area (Å²) in [7, 11) is 0. The molecule has 1 aromatic carbocycles. The van der Waals surface area contributed by atoms with Crippen LogP contribution in [0.4, 0.5) is 0 Å². The van der Waals surface area contributed by atoms with Crippen molar-refractivity contribution in [2.75, 3.05) is 0 Å². The average molecular weight is 370 g/mol. The number of amidine groups is 1. The van der Waals surface area contributed by atoms with E-state index in [4.69, 9.17) is 16.3 Å². The molecule has 1 aromatic rings. The van der Waals surface area contributed by atoms with Crippen LogP contribution in [0.5, 0.6) is 5.75 Å². The van der Waals surface area contributed by atoms with Gasteiger partial charge in [-0.15, -0.1) is 5.10 Å². The van der Waals surface area contributed by atoms with E-state index in [1.165, 1.54) is 25.8 Å². The van der Waals surface area contributed by atoms with Gasteiger partial charge in [-0.3, -0.25) is 14.4 Å². The van der Waals surface area contributed by atoms with Crippen LogP contribution < -0.4 is 10.1 Å². The number of thioether (sulfide) groups is 1. The molecule has 0 aromatic heterocycles. The fourth-order valence-corrected chi connectivity index (χ4v) is 3.68. The summed E-state index contributed by atoms with van der Waals surface area (Å²) < 4.78 is 5.24. The fourth-order valence-electron chi connectivity index (χ4n) is 2.29. The summed E-state index contributed by atoms with van der Waals surface area (Å²) in [4.78, 5) is 33.7. The average Bonchev–Trinajstić information content (AvgIpc) is 2.77. The largest absolute Gasteiger partial charge is 0.426 e. The minimum absolute atomic E-state index is 0.271. The molecule has 2 rings (SSSR count). The summed E-state index contributed by atoms with van der Waals surface area (Å²) in [5.41, 5.74) is 0.495. The zero-order valence-corrected chi connectivity index (χ0v) is 15.1. The van der Waals surface area contributed by atoms with Crippen LogP contribution in [0.2, 0.25) is 5.02 Å². The van der Waals surface area contributed by atoms with Gasteiger partial charge >= 0.3 is 5.97 Å². The first kappa shape index (κ1) is 18.3. The van der Waals surface area contributed by atoms with E-state index < -0.39 is 10.8 Å². The summed E-state index contributed by atoms with van der Waals surface area (Å²) in [6.07, 6.45) is 0. The minimum atomic E-state index is -1.03. The number of rotatable bonds is 2. The molecule has 24 heavy (non-hydrogen) atoms. The number of amides is 2. The summed E-state index contributed by atoms with van der Waals surface area (Å²) in [5.74, 6) is -0.866. The van der Waals surface area contributed by atoms with E-state index in [2.05, 4.69) is 10.4 Å². The normalized spacial score (nSPS) is 19.7. The number of carbonyl (C=O) groups is 3. The molecule has 0 unspecified atom stereocenters. The molecule has 9 heteroatoms. The van der Waals surface area contributed by atoms with Crippen LogP contribution in [0.25, 0.3) is 0 Å². The van der Waals surface area contributed by atoms with Crippen molar-refractivity contribution in [2.24, 2.45) is 5.10 Å². The smallest absolute Gasteiger partial charge is 0.308 e. The Kier molecular flexibility index (Phi) is 5.19. The first-order chi connectivity index (χ1) is 11.1. The van der Waals surface area contributed by atoms with Gasteiger partial charge in [0.25, 0.3) is 0 Å². The molecule has 1 aliphatic rings. The van der Waals surface area contributed by atoms with Gasteiger partial charge in [0.05, 0.1) is 0 Å². The van der Waals surface area contributed by atoms with Crippen molar-refractivity contribution in [3.8, 4) is 5.75 Å². The molecule has 1 heterocycles. The maximum absolute atomic E-state index is 12.0. The fraction of sp³-hybridized carbons (Fsp3) is 0.333. The van der Waals surface area contributed by atoms with Gasteiger partial charge in [0.1, 0.15) is 10.6 Å². The zero-order chi connectivity index (χ0) is 18.1. The van der Waals surface area contributed by atoms with E-state index in [0.29, 0.717) is 10.6 Å². The molecule has 7 nitrogen and oxygen atoms in total. The predicted octanol–water partition coefficient (Wildman–Crippen LogP) is 2.44. The van der Waals surface area contributed by atoms with Crippen LogP contribution >= 0.6 is 23.4 Å². The molecule has 0 saturated carbocycles. The lowest BCUT2D eigenvalue weighted by Gasteiger charge is -2.32. The van der Waals surface area contributed by atoms with Crippen molar-refractivity contribution in [3.05, 3.63) is 28.8 Å². The molecule has 0 spiro atoms. The SMILES string of the molecule is CC(=O)NC1=NN(C(C)=O)[C@](C)(c2cc(Cl)ccc2OC(C)=O)S1. The second-order valence-corrected chi connectivity index (χ2v) is 7.06. The van der Waals surface area contributed by atoms with E-state index >= 15 is 0 Å². The monoisotopic (exact) mass is 369 g/mol. The molecular formula is C15H16ClN3O4S. The van der Waals surface area contributed by atoms with Gasteiger partial charge in [0, 0.05) is 31.4 Å². The second kappa shape index (κ2) is 6.82. The van der Waals surface area contributed by atoms with Crippen LogP contribution in [0, 0.1) is 0 Å². The Morgan fingerprint density at radius 3 is 2.50 bits per heavy atom. The van der Waals surface area contributed by atoms with Crippen LogP contribution in [-0.4, -0.2) is 28.0 Å². The maximum atomic E-state index is 12.0. The van der Waals surface area contributed by atoms with Gasteiger partial charge in [-0.1, -0.05) is 23.4 Å². The third-order valence-electron chi connectivity index (χ3n) is 3.17. The molecular weight excluding hydrogens is 354 g/mol. The highest BCUT2D eigenvalue weighted by molar-refractivity contribution is 8.14. The molecule has 1 aliphatic heterocycles. The Balaban J connectivity index is 2.52. The van der Waals surface area contributed by atoms with Crippen molar-refractivity contribution >= 4 is 46.3 Å². The lowest BCUT2D eigenvalue weighted by atomic mass is 10.1. The number of nitrogens with one attached hydrogen (secondary N) is 1. The number of carbonyl (C=O) groups excluding carboxylic acids is 3. The molecule has 0 radical (unpaired) electrons. The van der Waals surface area contributed by atoms with Crippen LogP contribution in [0.15, 0.2) is 23.3 Å². The number of nitrogens with zero attached hydrogens (tertiary/aromatic N) is 2. The number of hydrazone groups is 1. The van der Waals surface area contributed by atoms with Gasteiger partial charge in [-0.2, -0.15) is 0 Å². The molecule has 128 valence electrons. The predicted molar refractivity (Wildman–Crippen MR) is 91.5 cm³/mol. The Hall–Kier alpha value is -2.06. The summed E-state index contributed by atoms with van der Waals surface area (Å²) in [6.45, 7) is 5.72. The number of ether oxygens (including phenoxy) is 1. The zero-order valence-electron chi connectivity index (χ0n) is 13.5. The quantitative estimate of drug-likeness (QED) is 0.639. The highest BCUT2D eigenvalue weighted by Gasteiger charge is 2.46. The van der Waals surface area contributed by atoms with Crippen LogP contribution in [-0.2, 0) is 19.3 Å². The maximum Gasteiger partial charge on any atom is 0.308 e. The van der Waals surface area contributed by atoms with E-state index in [-0.39, 0.29) is 22.7 Å². The Morgan fingerprint density at radius 1 is 1.29 bits per heavy atom. The summed E-state index contributed by atoms with van der Waals surface area (Å²) in [6, 6.07) is 4.74. The van der Waals surface area contributed by atoms with E-state index in [1.54, 1.807) is 25.1 Å². The third-order valence-corrected chi connectivity index (χ3v) is 4.57. The number of esters is 1. The van der Waals surface area contributed by atoms with Crippen LogP contribution in [0.1, 0.15) is 33.3 Å². The van der Waals surface area contributed by atoms with Crippen molar-refractivity contribution in [1.29, 1.82) is 0 Å². The van der Waals surface area contributed by atoms with Gasteiger partial charge in [0.15, 0.2) is 5.17 Å². The van der Waals surface area contributed by atoms with E-state index in [0.717, 1.165) is 11.8 Å². The molecule has 1 atom stereocenters. The number of hydrogen-bond donors (Lipinski definition) is 1. The third kappa shape index (κ3) is 3.70. The number of hydrogen-bond acceptors (Lipinski definition) is 6. The molecule has 0 aliphatic carbocycles. The first-order valence-corrected chi connectivity index (χ1v) is 8.17. The van der Waals surface area contributed by atoms with Crippen molar-refractivity contribution in [1.82, 2.24) is 10.3 Å². The highest BCUT2D eigenvalue weighted by atomic mass is 35.5. The standard InChI is InChI=1S/C15H16ClN3O4S/c1-8(20)17-14-18-19(9(2)21)15(4,24-14)12-7-11(16)5-6-13(12)23-10(3)22/h5-7H,1-4H3,(H,17,18,20)/t15-/m0/s1. The number of halogens is 1. The van der Waals surface area contributed by atoms with E-state index in [1.807, 2.05) is 0 Å². The molecule has 2 amide bonds. The topological polar surface area (TPSA) is 88.1 Å². The number of benzene rings is 1. The molecule has 0 fully saturated rings. The Labute approximate surface area is 148 Å². The molecule has 0 bridgehead atoms. The lowest BCUT2D eigenvalue weighted by Crippen LogP contribution is -2.38. The van der Waals surface area contributed by atoms with Crippen molar-refractivity contribution < 1.29 is 19.1 Å². The van der Waals surface area contributed by atoms with Crippen molar-refractivity contribution in [3.63, 3.8) is 0 Å². The summed E-state index contributed by atoms with van der Waals surface area (Å²) in [5, 5.41) is 8.63. The molecule has 1 N–H and O–H groups in total. The van der Waals surface area contributed by atoms with Crippen molar-refractivity contribution in [2.45, 2.75) is 32.6 Å². The van der Waals surface area contributed by atoms with Gasteiger partial charge in [-0.05, 0) is 25.1 Å². The van der Waals surface area contributed by atoms with E-state index in [9.17, 15) is 14.4 Å². The Morgan fingerprint density at radius 2 is 1.96 bits per heavy atom. The highest BCUT2D eigenvalue weighted by Crippen LogP contribution is 2.48. The van der Waals surface area contributed by atoms with Gasteiger partial charge < -0.3 is 10.1 Å².